The van der Waals surface area contributed by atoms with Crippen LogP contribution >= 0.6 is 0 Å². The number of rotatable bonds is 5. The van der Waals surface area contributed by atoms with Gasteiger partial charge >= 0.3 is 0 Å². The van der Waals surface area contributed by atoms with E-state index in [1.54, 1.807) is 12.1 Å². The Morgan fingerprint density at radius 2 is 1.95 bits per heavy atom. The summed E-state index contributed by atoms with van der Waals surface area (Å²) in [7, 11) is 0. The third-order valence-electron chi connectivity index (χ3n) is 2.77. The zero-order chi connectivity index (χ0) is 14.4. The third-order valence-corrected chi connectivity index (χ3v) is 2.77. The van der Waals surface area contributed by atoms with Crippen LogP contribution < -0.4 is 4.74 Å². The molecule has 0 spiro atoms. The first-order valence-corrected chi connectivity index (χ1v) is 6.10. The van der Waals surface area contributed by atoms with E-state index in [0.717, 1.165) is 5.56 Å². The van der Waals surface area contributed by atoms with E-state index in [9.17, 15) is 9.59 Å². The number of aliphatic imine (C=N–C) groups is 1. The van der Waals surface area contributed by atoms with E-state index >= 15 is 0 Å². The van der Waals surface area contributed by atoms with Crippen LogP contribution in [-0.2, 0) is 11.4 Å². The minimum absolute atomic E-state index is 0.0954. The molecule has 0 amide bonds. The molecule has 0 atom stereocenters. The first-order valence-electron chi connectivity index (χ1n) is 6.10. The predicted octanol–water partition coefficient (Wildman–Crippen LogP) is 3.44. The molecule has 0 N–H and O–H groups in total. The molecule has 0 aliphatic heterocycles. The van der Waals surface area contributed by atoms with Crippen LogP contribution in [0.4, 0.5) is 5.69 Å². The summed E-state index contributed by atoms with van der Waals surface area (Å²) < 4.78 is 5.63. The highest BCUT2D eigenvalue weighted by Gasteiger charge is 2.07. The lowest BCUT2D eigenvalue weighted by atomic mass is 10.1. The number of hydrogen-bond donors (Lipinski definition) is 0. The average molecular weight is 267 g/mol. The van der Waals surface area contributed by atoms with Crippen molar-refractivity contribution in [3.05, 3.63) is 59.7 Å². The highest BCUT2D eigenvalue weighted by Crippen LogP contribution is 2.29. The van der Waals surface area contributed by atoms with E-state index in [4.69, 9.17) is 4.74 Å². The van der Waals surface area contributed by atoms with Crippen molar-refractivity contribution in [2.75, 3.05) is 0 Å². The maximum Gasteiger partial charge on any atom is 0.240 e. The average Bonchev–Trinajstić information content (AvgIpc) is 2.47. The summed E-state index contributed by atoms with van der Waals surface area (Å²) in [4.78, 5) is 25.3. The molecule has 2 aromatic carbocycles. The monoisotopic (exact) mass is 267 g/mol. The standard InChI is InChI=1S/C16H13NO3/c1-12(19)14-7-8-16(15(9-14)17-11-18)20-10-13-5-3-2-4-6-13/h2-9H,10H2,1H3. The van der Waals surface area contributed by atoms with Gasteiger partial charge in [-0.1, -0.05) is 30.3 Å². The molecule has 0 aromatic heterocycles. The molecule has 4 heteroatoms. The smallest absolute Gasteiger partial charge is 0.240 e. The first kappa shape index (κ1) is 13.7. The summed E-state index contributed by atoms with van der Waals surface area (Å²) in [5, 5.41) is 0. The summed E-state index contributed by atoms with van der Waals surface area (Å²) in [6.07, 6.45) is 1.47. The van der Waals surface area contributed by atoms with Gasteiger partial charge in [0.1, 0.15) is 18.0 Å². The number of carbonyl (C=O) groups is 1. The minimum atomic E-state index is -0.0954. The van der Waals surface area contributed by atoms with Crippen LogP contribution in [0.3, 0.4) is 0 Å². The molecule has 2 aromatic rings. The second kappa shape index (κ2) is 6.45. The van der Waals surface area contributed by atoms with Crippen LogP contribution in [0, 0.1) is 0 Å². The lowest BCUT2D eigenvalue weighted by molar-refractivity contribution is 0.101. The Hall–Kier alpha value is -2.71. The Morgan fingerprint density at radius 3 is 2.60 bits per heavy atom. The number of hydrogen-bond acceptors (Lipinski definition) is 4. The van der Waals surface area contributed by atoms with Crippen molar-refractivity contribution < 1.29 is 14.3 Å². The number of isocyanates is 1. The van der Waals surface area contributed by atoms with Gasteiger partial charge in [-0.25, -0.2) is 4.79 Å². The summed E-state index contributed by atoms with van der Waals surface area (Å²) in [5.41, 5.74) is 1.79. The maximum absolute atomic E-state index is 11.3. The van der Waals surface area contributed by atoms with E-state index in [2.05, 4.69) is 4.99 Å². The van der Waals surface area contributed by atoms with E-state index in [-0.39, 0.29) is 5.78 Å². The van der Waals surface area contributed by atoms with Crippen molar-refractivity contribution in [3.63, 3.8) is 0 Å². The van der Waals surface area contributed by atoms with Crippen molar-refractivity contribution in [2.24, 2.45) is 4.99 Å². The van der Waals surface area contributed by atoms with E-state index in [1.807, 2.05) is 30.3 Å². The Balaban J connectivity index is 2.22. The summed E-state index contributed by atoms with van der Waals surface area (Å²) >= 11 is 0. The van der Waals surface area contributed by atoms with E-state index in [1.165, 1.54) is 19.1 Å². The van der Waals surface area contributed by atoms with Crippen molar-refractivity contribution in [3.8, 4) is 5.75 Å². The fourth-order valence-corrected chi connectivity index (χ4v) is 1.73. The molecule has 0 aliphatic carbocycles. The lowest BCUT2D eigenvalue weighted by Crippen LogP contribution is -1.97. The molecule has 4 nitrogen and oxygen atoms in total. The van der Waals surface area contributed by atoms with Gasteiger partial charge in [-0.15, -0.1) is 0 Å². The van der Waals surface area contributed by atoms with Crippen LogP contribution in [0.5, 0.6) is 5.75 Å². The molecule has 0 aliphatic rings. The van der Waals surface area contributed by atoms with E-state index in [0.29, 0.717) is 23.6 Å². The van der Waals surface area contributed by atoms with Crippen LogP contribution in [0.15, 0.2) is 53.5 Å². The Morgan fingerprint density at radius 1 is 1.20 bits per heavy atom. The Bertz CT molecular complexity index is 659. The number of benzene rings is 2. The quantitative estimate of drug-likeness (QED) is 0.473. The molecule has 20 heavy (non-hydrogen) atoms. The molecule has 2 rings (SSSR count). The van der Waals surface area contributed by atoms with Crippen LogP contribution in [0.1, 0.15) is 22.8 Å². The molecule has 0 heterocycles. The predicted molar refractivity (Wildman–Crippen MR) is 75.0 cm³/mol. The molecule has 0 fully saturated rings. The number of Topliss-reactive ketones (excluding diaryl/α,β-unsaturated/α-hetero) is 1. The Kier molecular flexibility index (Phi) is 4.43. The zero-order valence-corrected chi connectivity index (χ0v) is 11.0. The van der Waals surface area contributed by atoms with Crippen LogP contribution in [0.2, 0.25) is 0 Å². The second-order valence-electron chi connectivity index (χ2n) is 4.22. The molecule has 100 valence electrons. The molecule has 0 saturated heterocycles. The Labute approximate surface area is 116 Å². The van der Waals surface area contributed by atoms with Gasteiger partial charge in [0.15, 0.2) is 5.78 Å². The number of nitrogens with zero attached hydrogens (tertiary/aromatic N) is 1. The molecular formula is C16H13NO3. The van der Waals surface area contributed by atoms with E-state index < -0.39 is 0 Å². The molecule has 0 radical (unpaired) electrons. The summed E-state index contributed by atoms with van der Waals surface area (Å²) in [6, 6.07) is 14.4. The van der Waals surface area contributed by atoms with Gasteiger partial charge in [-0.3, -0.25) is 4.79 Å². The summed E-state index contributed by atoms with van der Waals surface area (Å²) in [6.45, 7) is 1.82. The minimum Gasteiger partial charge on any atom is -0.487 e. The van der Waals surface area contributed by atoms with Crippen molar-refractivity contribution in [1.82, 2.24) is 0 Å². The number of carbonyl (C=O) groups excluding carboxylic acids is 2. The zero-order valence-electron chi connectivity index (χ0n) is 11.0. The third kappa shape index (κ3) is 3.40. The van der Waals surface area contributed by atoms with Crippen LogP contribution in [-0.4, -0.2) is 11.9 Å². The molecule has 0 bridgehead atoms. The topological polar surface area (TPSA) is 55.7 Å². The van der Waals surface area contributed by atoms with Gasteiger partial charge in [0.05, 0.1) is 0 Å². The van der Waals surface area contributed by atoms with Gasteiger partial charge in [0.2, 0.25) is 6.08 Å². The van der Waals surface area contributed by atoms with Crippen molar-refractivity contribution in [2.45, 2.75) is 13.5 Å². The lowest BCUT2D eigenvalue weighted by Gasteiger charge is -2.09. The highest BCUT2D eigenvalue weighted by atomic mass is 16.5. The molecular weight excluding hydrogens is 254 g/mol. The highest BCUT2D eigenvalue weighted by molar-refractivity contribution is 5.95. The van der Waals surface area contributed by atoms with Gasteiger partial charge in [0.25, 0.3) is 0 Å². The second-order valence-corrected chi connectivity index (χ2v) is 4.22. The SMILES string of the molecule is CC(=O)c1ccc(OCc2ccccc2)c(N=C=O)c1. The molecule has 0 saturated carbocycles. The van der Waals surface area contributed by atoms with Crippen molar-refractivity contribution >= 4 is 17.6 Å². The first-order chi connectivity index (χ1) is 9.70. The number of ketones is 1. The fourth-order valence-electron chi connectivity index (χ4n) is 1.73. The fraction of sp³-hybridized carbons (Fsp3) is 0.125. The van der Waals surface area contributed by atoms with Gasteiger partial charge in [-0.05, 0) is 30.7 Å². The number of ether oxygens (including phenoxy) is 1. The van der Waals surface area contributed by atoms with Crippen LogP contribution in [0.25, 0.3) is 0 Å². The largest absolute Gasteiger partial charge is 0.487 e. The molecule has 0 unspecified atom stereocenters. The van der Waals surface area contributed by atoms with Crippen molar-refractivity contribution in [1.29, 1.82) is 0 Å². The summed E-state index contributed by atoms with van der Waals surface area (Å²) in [5.74, 6) is 0.351. The van der Waals surface area contributed by atoms with Gasteiger partial charge in [0, 0.05) is 5.56 Å². The normalized spacial score (nSPS) is 9.65. The maximum atomic E-state index is 11.3. The van der Waals surface area contributed by atoms with Gasteiger partial charge in [-0.2, -0.15) is 4.99 Å². The van der Waals surface area contributed by atoms with Gasteiger partial charge < -0.3 is 4.74 Å².